The summed E-state index contributed by atoms with van der Waals surface area (Å²) in [4.78, 5) is 27.0. The highest BCUT2D eigenvalue weighted by Gasteiger charge is 2.24. The Kier molecular flexibility index (Phi) is 4.12. The molecule has 3 rings (SSSR count). The number of anilines is 1. The Balaban J connectivity index is 2.01. The lowest BCUT2D eigenvalue weighted by Crippen LogP contribution is -2.29. The minimum Gasteiger partial charge on any atom is -0.495 e. The molecule has 25 heavy (non-hydrogen) atoms. The van der Waals surface area contributed by atoms with Crippen LogP contribution in [0.3, 0.4) is 0 Å². The quantitative estimate of drug-likeness (QED) is 0.726. The maximum atomic E-state index is 12.9. The first-order chi connectivity index (χ1) is 11.8. The molecule has 0 atom stereocenters. The first-order valence-corrected chi connectivity index (χ1v) is 7.80. The molecule has 0 aliphatic rings. The second-order valence-electron chi connectivity index (χ2n) is 6.67. The van der Waals surface area contributed by atoms with E-state index in [-0.39, 0.29) is 11.3 Å². The fraction of sp³-hybridized carbons (Fsp3) is 0.353. The van der Waals surface area contributed by atoms with Gasteiger partial charge in [-0.15, -0.1) is 0 Å². The molecule has 8 nitrogen and oxygen atoms in total. The molecular weight excluding hydrogens is 320 g/mol. The van der Waals surface area contributed by atoms with Crippen LogP contribution in [0.1, 0.15) is 37.0 Å². The van der Waals surface area contributed by atoms with Crippen molar-refractivity contribution in [3.05, 3.63) is 42.1 Å². The molecule has 0 saturated heterocycles. The predicted octanol–water partition coefficient (Wildman–Crippen LogP) is 2.10. The molecular formula is C17H20N6O2. The lowest BCUT2D eigenvalue weighted by atomic mass is 9.91. The Morgan fingerprint density at radius 3 is 2.60 bits per heavy atom. The van der Waals surface area contributed by atoms with Gasteiger partial charge in [0.15, 0.2) is 0 Å². The van der Waals surface area contributed by atoms with E-state index >= 15 is 0 Å². The molecule has 8 heteroatoms. The highest BCUT2D eigenvalue weighted by atomic mass is 16.5. The van der Waals surface area contributed by atoms with Crippen molar-refractivity contribution < 1.29 is 9.53 Å². The van der Waals surface area contributed by atoms with Gasteiger partial charge in [-0.3, -0.25) is 9.69 Å². The first-order valence-electron chi connectivity index (χ1n) is 7.80. The van der Waals surface area contributed by atoms with Crippen molar-refractivity contribution in [3.63, 3.8) is 0 Å². The van der Waals surface area contributed by atoms with E-state index in [1.54, 1.807) is 43.1 Å². The van der Waals surface area contributed by atoms with Gasteiger partial charge in [-0.25, -0.2) is 14.5 Å². The molecule has 3 aromatic rings. The summed E-state index contributed by atoms with van der Waals surface area (Å²) in [5, 5.41) is 4.20. The summed E-state index contributed by atoms with van der Waals surface area (Å²) >= 11 is 0. The van der Waals surface area contributed by atoms with Gasteiger partial charge < -0.3 is 4.74 Å². The van der Waals surface area contributed by atoms with Gasteiger partial charge in [0, 0.05) is 12.5 Å². The molecule has 0 spiro atoms. The van der Waals surface area contributed by atoms with E-state index < -0.39 is 0 Å². The number of rotatable bonds is 3. The number of nitrogens with zero attached hydrogens (tertiary/aromatic N) is 6. The zero-order valence-electron chi connectivity index (χ0n) is 14.9. The number of ether oxygens (including phenoxy) is 1. The van der Waals surface area contributed by atoms with Crippen LogP contribution in [-0.4, -0.2) is 44.6 Å². The number of carbonyl (C=O) groups is 1. The maximum Gasteiger partial charge on any atom is 0.277 e. The largest absolute Gasteiger partial charge is 0.495 e. The smallest absolute Gasteiger partial charge is 0.277 e. The van der Waals surface area contributed by atoms with Gasteiger partial charge in [0.05, 0.1) is 19.0 Å². The van der Waals surface area contributed by atoms with Crippen LogP contribution < -0.4 is 9.64 Å². The minimum absolute atomic E-state index is 0.221. The molecule has 1 amide bonds. The number of aromatic nitrogens is 5. The van der Waals surface area contributed by atoms with Gasteiger partial charge in [0.1, 0.15) is 23.6 Å². The van der Waals surface area contributed by atoms with Crippen LogP contribution in [0.5, 0.6) is 5.75 Å². The molecule has 0 unspecified atom stereocenters. The van der Waals surface area contributed by atoms with Gasteiger partial charge >= 0.3 is 0 Å². The van der Waals surface area contributed by atoms with E-state index in [2.05, 4.69) is 20.1 Å². The molecule has 0 saturated carbocycles. The highest BCUT2D eigenvalue weighted by molar-refractivity contribution is 6.04. The molecule has 0 aliphatic carbocycles. The van der Waals surface area contributed by atoms with Gasteiger partial charge in [0.25, 0.3) is 11.7 Å². The topological polar surface area (TPSA) is 85.5 Å². The van der Waals surface area contributed by atoms with Crippen molar-refractivity contribution in [2.24, 2.45) is 0 Å². The third-order valence-corrected chi connectivity index (χ3v) is 3.84. The Morgan fingerprint density at radius 2 is 2.00 bits per heavy atom. The monoisotopic (exact) mass is 340 g/mol. The summed E-state index contributed by atoms with van der Waals surface area (Å²) in [6.07, 6.45) is 3.00. The molecule has 0 radical (unpaired) electrons. The number of hydrogen-bond acceptors (Lipinski definition) is 6. The van der Waals surface area contributed by atoms with Crippen LogP contribution in [0.4, 0.5) is 5.82 Å². The first kappa shape index (κ1) is 16.8. The van der Waals surface area contributed by atoms with Gasteiger partial charge in [0.2, 0.25) is 0 Å². The third kappa shape index (κ3) is 3.15. The van der Waals surface area contributed by atoms with Gasteiger partial charge in [-0.1, -0.05) is 20.8 Å². The summed E-state index contributed by atoms with van der Waals surface area (Å²) in [6, 6.07) is 5.23. The van der Waals surface area contributed by atoms with Gasteiger partial charge in [-0.05, 0) is 18.2 Å². The fourth-order valence-electron chi connectivity index (χ4n) is 2.42. The van der Waals surface area contributed by atoms with E-state index in [0.717, 1.165) is 5.69 Å². The molecule has 130 valence electrons. The Bertz CT molecular complexity index is 911. The molecule has 0 aromatic carbocycles. The number of hydrogen-bond donors (Lipinski definition) is 0. The number of methoxy groups -OCH3 is 1. The average molecular weight is 340 g/mol. The van der Waals surface area contributed by atoms with Crippen molar-refractivity contribution >= 4 is 17.5 Å². The lowest BCUT2D eigenvalue weighted by Gasteiger charge is -2.21. The summed E-state index contributed by atoms with van der Waals surface area (Å²) in [7, 11) is 3.22. The van der Waals surface area contributed by atoms with Crippen LogP contribution in [-0.2, 0) is 5.41 Å². The Labute approximate surface area is 145 Å². The molecule has 3 heterocycles. The molecule has 3 aromatic heterocycles. The van der Waals surface area contributed by atoms with Crippen LogP contribution in [0.15, 0.2) is 30.7 Å². The highest BCUT2D eigenvalue weighted by Crippen LogP contribution is 2.24. The van der Waals surface area contributed by atoms with E-state index in [9.17, 15) is 4.79 Å². The van der Waals surface area contributed by atoms with Crippen LogP contribution >= 0.6 is 0 Å². The van der Waals surface area contributed by atoms with Crippen LogP contribution in [0.25, 0.3) is 5.78 Å². The van der Waals surface area contributed by atoms with E-state index in [1.165, 1.54) is 11.2 Å². The Morgan fingerprint density at radius 1 is 1.24 bits per heavy atom. The van der Waals surface area contributed by atoms with Gasteiger partial charge in [-0.2, -0.15) is 10.1 Å². The summed E-state index contributed by atoms with van der Waals surface area (Å²) in [5.41, 5.74) is 0.931. The van der Waals surface area contributed by atoms with Crippen molar-refractivity contribution in [1.29, 1.82) is 0 Å². The predicted molar refractivity (Wildman–Crippen MR) is 93.0 cm³/mol. The fourth-order valence-corrected chi connectivity index (χ4v) is 2.42. The third-order valence-electron chi connectivity index (χ3n) is 3.84. The molecule has 0 aliphatic heterocycles. The number of pyridine rings is 1. The number of carbonyl (C=O) groups excluding carboxylic acids is 1. The van der Waals surface area contributed by atoms with Crippen molar-refractivity contribution in [1.82, 2.24) is 24.6 Å². The van der Waals surface area contributed by atoms with E-state index in [1.807, 2.05) is 20.8 Å². The standard InChI is InChI=1S/C17H20N6O2/c1-17(2,3)13-8-12(21-16-19-10-20-23(13)16)15(24)22(4)14-7-6-11(25-5)9-18-14/h6-10H,1-5H3. The second-order valence-corrected chi connectivity index (χ2v) is 6.67. The van der Waals surface area contributed by atoms with Crippen LogP contribution in [0, 0.1) is 0 Å². The SMILES string of the molecule is COc1ccc(N(C)C(=O)c2cc(C(C)(C)C)n3ncnc3n2)nc1. The zero-order valence-corrected chi connectivity index (χ0v) is 14.9. The lowest BCUT2D eigenvalue weighted by molar-refractivity contribution is 0.0987. The normalized spacial score (nSPS) is 11.6. The van der Waals surface area contributed by atoms with Crippen molar-refractivity contribution in [3.8, 4) is 5.75 Å². The number of fused-ring (bicyclic) bond motifs is 1. The molecule has 0 bridgehead atoms. The molecule has 0 N–H and O–H groups in total. The van der Waals surface area contributed by atoms with E-state index in [4.69, 9.17) is 4.74 Å². The summed E-state index contributed by atoms with van der Waals surface area (Å²) < 4.78 is 6.75. The number of amides is 1. The second kappa shape index (κ2) is 6.12. The molecule has 0 fully saturated rings. The average Bonchev–Trinajstić information content (AvgIpc) is 3.07. The van der Waals surface area contributed by atoms with Crippen molar-refractivity contribution in [2.75, 3.05) is 19.1 Å². The minimum atomic E-state index is -0.270. The van der Waals surface area contributed by atoms with E-state index in [0.29, 0.717) is 23.0 Å². The zero-order chi connectivity index (χ0) is 18.2. The van der Waals surface area contributed by atoms with Crippen LogP contribution in [0.2, 0.25) is 0 Å². The Hall–Kier alpha value is -3.03. The summed E-state index contributed by atoms with van der Waals surface area (Å²) in [5.74, 6) is 1.26. The van der Waals surface area contributed by atoms with Crippen molar-refractivity contribution in [2.45, 2.75) is 26.2 Å². The summed E-state index contributed by atoms with van der Waals surface area (Å²) in [6.45, 7) is 6.14. The maximum absolute atomic E-state index is 12.9.